The molecule has 0 unspecified atom stereocenters. The molecule has 1 aliphatic rings. The Labute approximate surface area is 120 Å². The van der Waals surface area contributed by atoms with E-state index in [1.54, 1.807) is 6.07 Å². The third-order valence-corrected chi connectivity index (χ3v) is 4.00. The van der Waals surface area contributed by atoms with Gasteiger partial charge in [-0.1, -0.05) is 0 Å². The molecule has 2 N–H and O–H groups in total. The normalized spacial score (nSPS) is 15.9. The Morgan fingerprint density at radius 2 is 1.86 bits per heavy atom. The smallest absolute Gasteiger partial charge is 0.398 e. The van der Waals surface area contributed by atoms with Crippen molar-refractivity contribution in [3.63, 3.8) is 0 Å². The second-order valence-electron chi connectivity index (χ2n) is 5.39. The Hall–Kier alpha value is -1.98. The Balaban J connectivity index is 2.16. The highest BCUT2D eigenvalue weighted by Crippen LogP contribution is 2.37. The zero-order chi connectivity index (χ0) is 15.2. The van der Waals surface area contributed by atoms with Crippen molar-refractivity contribution in [2.75, 3.05) is 23.7 Å². The third kappa shape index (κ3) is 2.39. The zero-order valence-corrected chi connectivity index (χ0v) is 11.7. The molecule has 0 amide bonds. The number of anilines is 2. The molecule has 3 rings (SSSR count). The summed E-state index contributed by atoms with van der Waals surface area (Å²) in [5.74, 6) is 0. The number of hydrogen-bond acceptors (Lipinski definition) is 3. The summed E-state index contributed by atoms with van der Waals surface area (Å²) in [6, 6.07) is 5.28. The monoisotopic (exact) mass is 295 g/mol. The summed E-state index contributed by atoms with van der Waals surface area (Å²) < 4.78 is 38.9. The number of alkyl halides is 3. The first-order valence-corrected chi connectivity index (χ1v) is 6.90. The summed E-state index contributed by atoms with van der Waals surface area (Å²) in [4.78, 5) is 5.97. The lowest BCUT2D eigenvalue weighted by Gasteiger charge is -2.19. The predicted molar refractivity (Wildman–Crippen MR) is 77.3 cm³/mol. The van der Waals surface area contributed by atoms with Gasteiger partial charge < -0.3 is 10.6 Å². The third-order valence-electron chi connectivity index (χ3n) is 4.00. The Kier molecular flexibility index (Phi) is 3.19. The molecule has 1 saturated heterocycles. The number of benzene rings is 1. The molecule has 0 radical (unpaired) electrons. The Bertz CT molecular complexity index is 689. The highest BCUT2D eigenvalue weighted by molar-refractivity contribution is 5.94. The van der Waals surface area contributed by atoms with Crippen LogP contribution in [0.4, 0.5) is 24.5 Å². The highest BCUT2D eigenvalue weighted by Gasteiger charge is 2.35. The van der Waals surface area contributed by atoms with E-state index in [9.17, 15) is 13.2 Å². The number of nitrogen functional groups attached to an aromatic ring is 1. The number of aromatic nitrogens is 1. The Morgan fingerprint density at radius 3 is 2.48 bits per heavy atom. The largest absolute Gasteiger partial charge is 0.433 e. The summed E-state index contributed by atoms with van der Waals surface area (Å²) in [5.41, 5.74) is 6.46. The molecule has 2 aromatic rings. The molecule has 0 bridgehead atoms. The van der Waals surface area contributed by atoms with E-state index < -0.39 is 11.9 Å². The maximum absolute atomic E-state index is 13.0. The lowest BCUT2D eigenvalue weighted by Crippen LogP contribution is -2.17. The SMILES string of the molecule is Cc1c(C(F)(F)F)nc2ccc(N3CCCC3)cc2c1N. The van der Waals surface area contributed by atoms with Gasteiger partial charge in [0.05, 0.1) is 5.52 Å². The van der Waals surface area contributed by atoms with Crippen LogP contribution in [0.2, 0.25) is 0 Å². The van der Waals surface area contributed by atoms with E-state index in [4.69, 9.17) is 5.73 Å². The molecule has 1 aliphatic heterocycles. The molecular formula is C15H16F3N3. The van der Waals surface area contributed by atoms with E-state index in [2.05, 4.69) is 9.88 Å². The van der Waals surface area contributed by atoms with Crippen molar-refractivity contribution >= 4 is 22.3 Å². The van der Waals surface area contributed by atoms with Crippen molar-refractivity contribution in [3.05, 3.63) is 29.5 Å². The number of hydrogen-bond donors (Lipinski definition) is 1. The van der Waals surface area contributed by atoms with Gasteiger partial charge in [0, 0.05) is 35.4 Å². The van der Waals surface area contributed by atoms with Crippen LogP contribution in [0.1, 0.15) is 24.1 Å². The fourth-order valence-corrected chi connectivity index (χ4v) is 2.82. The molecule has 0 aliphatic carbocycles. The number of halogens is 3. The topological polar surface area (TPSA) is 42.2 Å². The molecule has 6 heteroatoms. The average molecular weight is 295 g/mol. The van der Waals surface area contributed by atoms with Gasteiger partial charge in [-0.3, -0.25) is 0 Å². The molecule has 1 aromatic heterocycles. The molecule has 3 nitrogen and oxygen atoms in total. The van der Waals surface area contributed by atoms with Gasteiger partial charge in [0.15, 0.2) is 0 Å². The maximum atomic E-state index is 13.0. The van der Waals surface area contributed by atoms with Crippen molar-refractivity contribution in [1.82, 2.24) is 4.98 Å². The summed E-state index contributed by atoms with van der Waals surface area (Å²) in [7, 11) is 0. The van der Waals surface area contributed by atoms with Crippen molar-refractivity contribution < 1.29 is 13.2 Å². The van der Waals surface area contributed by atoms with Crippen LogP contribution in [0.5, 0.6) is 0 Å². The van der Waals surface area contributed by atoms with E-state index in [0.717, 1.165) is 31.6 Å². The van der Waals surface area contributed by atoms with Gasteiger partial charge in [0.1, 0.15) is 5.69 Å². The second-order valence-corrected chi connectivity index (χ2v) is 5.39. The average Bonchev–Trinajstić information content (AvgIpc) is 2.95. The first-order chi connectivity index (χ1) is 9.88. The molecule has 1 fully saturated rings. The van der Waals surface area contributed by atoms with E-state index >= 15 is 0 Å². The van der Waals surface area contributed by atoms with Gasteiger partial charge in [-0.15, -0.1) is 0 Å². The fourth-order valence-electron chi connectivity index (χ4n) is 2.82. The summed E-state index contributed by atoms with van der Waals surface area (Å²) in [6.07, 6.45) is -2.21. The minimum absolute atomic E-state index is 0.00595. The van der Waals surface area contributed by atoms with Gasteiger partial charge in [0.2, 0.25) is 0 Å². The van der Waals surface area contributed by atoms with Crippen LogP contribution in [0, 0.1) is 6.92 Å². The highest BCUT2D eigenvalue weighted by atomic mass is 19.4. The predicted octanol–water partition coefficient (Wildman–Crippen LogP) is 3.74. The van der Waals surface area contributed by atoms with E-state index in [-0.39, 0.29) is 16.8 Å². The van der Waals surface area contributed by atoms with Crippen LogP contribution in [0.3, 0.4) is 0 Å². The second kappa shape index (κ2) is 4.79. The molecule has 0 saturated carbocycles. The van der Waals surface area contributed by atoms with Crippen molar-refractivity contribution in [2.24, 2.45) is 0 Å². The van der Waals surface area contributed by atoms with Crippen LogP contribution in [-0.4, -0.2) is 18.1 Å². The lowest BCUT2D eigenvalue weighted by molar-refractivity contribution is -0.141. The first kappa shape index (κ1) is 14.0. The summed E-state index contributed by atoms with van der Waals surface area (Å²) in [6.45, 7) is 3.31. The van der Waals surface area contributed by atoms with Crippen LogP contribution < -0.4 is 10.6 Å². The molecule has 112 valence electrons. The summed E-state index contributed by atoms with van der Waals surface area (Å²) in [5, 5.41) is 0.588. The molecular weight excluding hydrogens is 279 g/mol. The fraction of sp³-hybridized carbons (Fsp3) is 0.400. The number of nitrogens with two attached hydrogens (primary N) is 1. The quantitative estimate of drug-likeness (QED) is 0.871. The van der Waals surface area contributed by atoms with Crippen molar-refractivity contribution in [3.8, 4) is 0 Å². The van der Waals surface area contributed by atoms with Crippen molar-refractivity contribution in [1.29, 1.82) is 0 Å². The molecule has 0 spiro atoms. The minimum atomic E-state index is -4.49. The van der Waals surface area contributed by atoms with Crippen LogP contribution >= 0.6 is 0 Å². The molecule has 1 aromatic carbocycles. The number of rotatable bonds is 1. The molecule has 2 heterocycles. The first-order valence-electron chi connectivity index (χ1n) is 6.90. The standard InChI is InChI=1S/C15H16F3N3/c1-9-13(19)11-8-10(21-6-2-3-7-21)4-5-12(11)20-14(9)15(16,17)18/h4-5,8H,2-3,6-7H2,1H3,(H2,19,20). The van der Waals surface area contributed by atoms with Gasteiger partial charge >= 0.3 is 6.18 Å². The van der Waals surface area contributed by atoms with Crippen LogP contribution in [0.15, 0.2) is 18.2 Å². The van der Waals surface area contributed by atoms with E-state index in [1.807, 2.05) is 12.1 Å². The molecule has 0 atom stereocenters. The van der Waals surface area contributed by atoms with Gasteiger partial charge in [-0.2, -0.15) is 13.2 Å². The Morgan fingerprint density at radius 1 is 1.19 bits per heavy atom. The van der Waals surface area contributed by atoms with Crippen LogP contribution in [0.25, 0.3) is 10.9 Å². The van der Waals surface area contributed by atoms with E-state index in [0.29, 0.717) is 5.39 Å². The summed E-state index contributed by atoms with van der Waals surface area (Å²) >= 11 is 0. The number of nitrogens with zero attached hydrogens (tertiary/aromatic N) is 2. The number of fused-ring (bicyclic) bond motifs is 1. The van der Waals surface area contributed by atoms with Gasteiger partial charge in [-0.05, 0) is 38.0 Å². The lowest BCUT2D eigenvalue weighted by atomic mass is 10.1. The minimum Gasteiger partial charge on any atom is -0.398 e. The van der Waals surface area contributed by atoms with E-state index in [1.165, 1.54) is 6.92 Å². The molecule has 21 heavy (non-hydrogen) atoms. The van der Waals surface area contributed by atoms with Crippen molar-refractivity contribution in [2.45, 2.75) is 25.9 Å². The zero-order valence-electron chi connectivity index (χ0n) is 11.7. The van der Waals surface area contributed by atoms with Gasteiger partial charge in [-0.25, -0.2) is 4.98 Å². The van der Waals surface area contributed by atoms with Gasteiger partial charge in [0.25, 0.3) is 0 Å². The number of pyridine rings is 1. The van der Waals surface area contributed by atoms with Crippen LogP contribution in [-0.2, 0) is 6.18 Å². The maximum Gasteiger partial charge on any atom is 0.433 e.